The van der Waals surface area contributed by atoms with Crippen molar-refractivity contribution in [3.63, 3.8) is 0 Å². The van der Waals surface area contributed by atoms with Crippen LogP contribution in [0, 0.1) is 11.8 Å². The summed E-state index contributed by atoms with van der Waals surface area (Å²) in [7, 11) is 0. The smallest absolute Gasteiger partial charge is 0.223 e. The molecule has 0 saturated heterocycles. The van der Waals surface area contributed by atoms with E-state index in [1.165, 1.54) is 18.4 Å². The molecule has 0 aromatic heterocycles. The van der Waals surface area contributed by atoms with Crippen molar-refractivity contribution in [1.29, 1.82) is 0 Å². The molecule has 2 unspecified atom stereocenters. The van der Waals surface area contributed by atoms with Gasteiger partial charge in [-0.1, -0.05) is 28.1 Å². The van der Waals surface area contributed by atoms with Gasteiger partial charge in [-0.25, -0.2) is 0 Å². The van der Waals surface area contributed by atoms with E-state index < -0.39 is 0 Å². The second kappa shape index (κ2) is 6.93. The molecular weight excluding hydrogens is 330 g/mol. The lowest BCUT2D eigenvalue weighted by Crippen LogP contribution is -2.27. The first-order chi connectivity index (χ1) is 10.2. The summed E-state index contributed by atoms with van der Waals surface area (Å²) in [5.74, 6) is 1.57. The summed E-state index contributed by atoms with van der Waals surface area (Å²) < 4.78 is 6.64. The van der Waals surface area contributed by atoms with E-state index in [4.69, 9.17) is 4.74 Å². The maximum atomic E-state index is 12.1. The molecule has 1 aromatic carbocycles. The molecule has 4 heteroatoms. The van der Waals surface area contributed by atoms with Crippen LogP contribution < -0.4 is 5.32 Å². The normalized spacial score (nSPS) is 23.9. The molecule has 2 aliphatic rings. The zero-order valence-corrected chi connectivity index (χ0v) is 13.8. The molecule has 3 nitrogen and oxygen atoms in total. The lowest BCUT2D eigenvalue weighted by atomic mass is 10.1. The van der Waals surface area contributed by atoms with Crippen LogP contribution in [-0.2, 0) is 9.53 Å². The van der Waals surface area contributed by atoms with Gasteiger partial charge in [0.2, 0.25) is 5.91 Å². The molecular formula is C17H22BrNO2. The Morgan fingerprint density at radius 2 is 2.24 bits per heavy atom. The van der Waals surface area contributed by atoms with Gasteiger partial charge in [-0.05, 0) is 55.2 Å². The van der Waals surface area contributed by atoms with Crippen molar-refractivity contribution in [3.05, 3.63) is 34.3 Å². The van der Waals surface area contributed by atoms with Gasteiger partial charge in [-0.3, -0.25) is 4.79 Å². The molecule has 21 heavy (non-hydrogen) atoms. The molecule has 114 valence electrons. The molecule has 2 aliphatic carbocycles. The van der Waals surface area contributed by atoms with E-state index in [1.54, 1.807) is 0 Å². The molecule has 0 aliphatic heterocycles. The lowest BCUT2D eigenvalue weighted by Gasteiger charge is -2.06. The largest absolute Gasteiger partial charge is 0.381 e. The standard InChI is InChI=1S/C17H22BrNO2/c18-14-4-1-3-13(9-14)15-10-16(15)17(20)19-7-2-8-21-11-12-5-6-12/h1,3-4,9,12,15-16H,2,5-8,10-11H2,(H,19,20). The van der Waals surface area contributed by atoms with Crippen molar-refractivity contribution in [2.75, 3.05) is 19.8 Å². The van der Waals surface area contributed by atoms with E-state index >= 15 is 0 Å². The van der Waals surface area contributed by atoms with Crippen LogP contribution in [0.1, 0.15) is 37.2 Å². The second-order valence-electron chi connectivity index (χ2n) is 6.17. The number of hydrogen-bond donors (Lipinski definition) is 1. The van der Waals surface area contributed by atoms with Gasteiger partial charge < -0.3 is 10.1 Å². The average Bonchev–Trinajstić information content (AvgIpc) is 3.36. The Hall–Kier alpha value is -0.870. The number of amides is 1. The molecule has 1 aromatic rings. The highest BCUT2D eigenvalue weighted by atomic mass is 79.9. The van der Waals surface area contributed by atoms with Gasteiger partial charge in [0.1, 0.15) is 0 Å². The highest BCUT2D eigenvalue weighted by molar-refractivity contribution is 9.10. The number of rotatable bonds is 8. The fraction of sp³-hybridized carbons (Fsp3) is 0.588. The predicted octanol–water partition coefficient (Wildman–Crippen LogP) is 3.49. The van der Waals surface area contributed by atoms with Crippen molar-refractivity contribution >= 4 is 21.8 Å². The minimum atomic E-state index is 0.159. The number of halogens is 1. The molecule has 0 bridgehead atoms. The summed E-state index contributed by atoms with van der Waals surface area (Å²) in [6, 6.07) is 8.27. The van der Waals surface area contributed by atoms with Crippen LogP contribution in [-0.4, -0.2) is 25.7 Å². The fourth-order valence-corrected chi connectivity index (χ4v) is 3.06. The van der Waals surface area contributed by atoms with Crippen molar-refractivity contribution in [3.8, 4) is 0 Å². The minimum absolute atomic E-state index is 0.159. The number of carbonyl (C=O) groups excluding carboxylic acids is 1. The van der Waals surface area contributed by atoms with Crippen LogP contribution in [0.5, 0.6) is 0 Å². The lowest BCUT2D eigenvalue weighted by molar-refractivity contribution is -0.122. The Balaban J connectivity index is 1.31. The van der Waals surface area contributed by atoms with Crippen molar-refractivity contribution in [2.45, 2.75) is 31.6 Å². The van der Waals surface area contributed by atoms with E-state index in [9.17, 15) is 4.79 Å². The van der Waals surface area contributed by atoms with Crippen molar-refractivity contribution in [2.24, 2.45) is 11.8 Å². The predicted molar refractivity (Wildman–Crippen MR) is 86.2 cm³/mol. The Bertz CT molecular complexity index is 501. The Labute approximate surface area is 134 Å². The summed E-state index contributed by atoms with van der Waals surface area (Å²) in [4.78, 5) is 12.1. The maximum Gasteiger partial charge on any atom is 0.223 e. The monoisotopic (exact) mass is 351 g/mol. The molecule has 0 radical (unpaired) electrons. The van der Waals surface area contributed by atoms with Gasteiger partial charge in [0, 0.05) is 30.1 Å². The van der Waals surface area contributed by atoms with Crippen LogP contribution in [0.25, 0.3) is 0 Å². The van der Waals surface area contributed by atoms with E-state index in [2.05, 4.69) is 33.4 Å². The molecule has 2 fully saturated rings. The van der Waals surface area contributed by atoms with Gasteiger partial charge in [0.05, 0.1) is 0 Å². The van der Waals surface area contributed by atoms with Gasteiger partial charge >= 0.3 is 0 Å². The van der Waals surface area contributed by atoms with Gasteiger partial charge in [-0.15, -0.1) is 0 Å². The van der Waals surface area contributed by atoms with Crippen LogP contribution in [0.3, 0.4) is 0 Å². The SMILES string of the molecule is O=C(NCCCOCC1CC1)C1CC1c1cccc(Br)c1. The highest BCUT2D eigenvalue weighted by Gasteiger charge is 2.43. The first-order valence-corrected chi connectivity index (χ1v) is 8.64. The second-order valence-corrected chi connectivity index (χ2v) is 7.08. The fourth-order valence-electron chi connectivity index (χ4n) is 2.64. The van der Waals surface area contributed by atoms with E-state index in [0.717, 1.165) is 43.0 Å². The van der Waals surface area contributed by atoms with E-state index in [0.29, 0.717) is 5.92 Å². The molecule has 2 atom stereocenters. The average molecular weight is 352 g/mol. The van der Waals surface area contributed by atoms with E-state index in [1.807, 2.05) is 12.1 Å². The number of nitrogens with one attached hydrogen (secondary N) is 1. The van der Waals surface area contributed by atoms with Crippen LogP contribution in [0.15, 0.2) is 28.7 Å². The zero-order valence-electron chi connectivity index (χ0n) is 12.2. The number of carbonyl (C=O) groups is 1. The first kappa shape index (κ1) is 15.0. The number of hydrogen-bond acceptors (Lipinski definition) is 2. The van der Waals surface area contributed by atoms with Crippen LogP contribution in [0.2, 0.25) is 0 Å². The molecule has 3 rings (SSSR count). The summed E-state index contributed by atoms with van der Waals surface area (Å²) >= 11 is 3.48. The third kappa shape index (κ3) is 4.55. The van der Waals surface area contributed by atoms with Gasteiger partial charge in [0.25, 0.3) is 0 Å². The zero-order chi connectivity index (χ0) is 14.7. The molecule has 0 spiro atoms. The highest BCUT2D eigenvalue weighted by Crippen LogP contribution is 2.47. The number of ether oxygens (including phenoxy) is 1. The molecule has 1 N–H and O–H groups in total. The van der Waals surface area contributed by atoms with Gasteiger partial charge in [0.15, 0.2) is 0 Å². The van der Waals surface area contributed by atoms with Gasteiger partial charge in [-0.2, -0.15) is 0 Å². The van der Waals surface area contributed by atoms with Crippen molar-refractivity contribution in [1.82, 2.24) is 5.32 Å². The quantitative estimate of drug-likeness (QED) is 0.728. The summed E-state index contributed by atoms with van der Waals surface area (Å²) in [6.45, 7) is 2.39. The van der Waals surface area contributed by atoms with E-state index in [-0.39, 0.29) is 11.8 Å². The maximum absolute atomic E-state index is 12.1. The first-order valence-electron chi connectivity index (χ1n) is 7.85. The topological polar surface area (TPSA) is 38.3 Å². The molecule has 2 saturated carbocycles. The summed E-state index contributed by atoms with van der Waals surface area (Å²) in [5.41, 5.74) is 1.26. The number of benzene rings is 1. The molecule has 1 amide bonds. The third-order valence-electron chi connectivity index (χ3n) is 4.22. The molecule has 0 heterocycles. The van der Waals surface area contributed by atoms with Crippen molar-refractivity contribution < 1.29 is 9.53 Å². The Morgan fingerprint density at radius 1 is 1.38 bits per heavy atom. The Morgan fingerprint density at radius 3 is 3.00 bits per heavy atom. The minimum Gasteiger partial charge on any atom is -0.381 e. The van der Waals surface area contributed by atoms with Crippen LogP contribution >= 0.6 is 15.9 Å². The summed E-state index contributed by atoms with van der Waals surface area (Å²) in [5, 5.41) is 3.03. The third-order valence-corrected chi connectivity index (χ3v) is 4.71. The van der Waals surface area contributed by atoms with Crippen LogP contribution in [0.4, 0.5) is 0 Å². The Kier molecular flexibility index (Phi) is 4.96. The summed E-state index contributed by atoms with van der Waals surface area (Å²) in [6.07, 6.45) is 4.54.